The molecule has 0 saturated carbocycles. The topological polar surface area (TPSA) is 85.7 Å². The van der Waals surface area contributed by atoms with Crippen LogP contribution in [0.25, 0.3) is 0 Å². The predicted octanol–water partition coefficient (Wildman–Crippen LogP) is 0.00370. The van der Waals surface area contributed by atoms with Crippen molar-refractivity contribution in [2.24, 2.45) is 5.92 Å². The molecule has 122 valence electrons. The number of alkyl halides is 1. The summed E-state index contributed by atoms with van der Waals surface area (Å²) in [5, 5.41) is 18.1. The number of nitrogens with one attached hydrogen (secondary N) is 3. The molecule has 2 amide bonds. The zero-order chi connectivity index (χ0) is 16.3. The van der Waals surface area contributed by atoms with Gasteiger partial charge in [-0.05, 0) is 34.1 Å². The fourth-order valence-corrected chi connectivity index (χ4v) is 3.28. The number of rotatable bonds is 6. The second kappa shape index (κ2) is 7.23. The highest BCUT2D eigenvalue weighted by Crippen LogP contribution is 2.30. The van der Waals surface area contributed by atoms with Gasteiger partial charge in [-0.15, -0.1) is 0 Å². The summed E-state index contributed by atoms with van der Waals surface area (Å²) in [6.07, 6.45) is 1.29. The monoisotopic (exact) mass is 411 g/mol. The number of hydroxylamine groups is 2. The van der Waals surface area contributed by atoms with Crippen LogP contribution >= 0.6 is 22.6 Å². The van der Waals surface area contributed by atoms with E-state index in [9.17, 15) is 14.8 Å². The molecule has 21 heavy (non-hydrogen) atoms. The van der Waals surface area contributed by atoms with E-state index in [4.69, 9.17) is 0 Å². The summed E-state index contributed by atoms with van der Waals surface area (Å²) >= 11 is 2.01. The van der Waals surface area contributed by atoms with Gasteiger partial charge in [-0.3, -0.25) is 9.59 Å². The van der Waals surface area contributed by atoms with Gasteiger partial charge >= 0.3 is 0 Å². The van der Waals surface area contributed by atoms with Crippen molar-refractivity contribution in [2.45, 2.75) is 51.6 Å². The Hall–Kier alpha value is -0.410. The van der Waals surface area contributed by atoms with E-state index in [0.29, 0.717) is 30.4 Å². The fraction of sp³-hybridized carbons (Fsp3) is 0.857. The molecule has 0 aromatic rings. The Kier molecular flexibility index (Phi) is 6.42. The van der Waals surface area contributed by atoms with Crippen LogP contribution in [0.2, 0.25) is 0 Å². The molecule has 1 fully saturated rings. The summed E-state index contributed by atoms with van der Waals surface area (Å²) < 4.78 is 0.442. The second-order valence-corrected chi connectivity index (χ2v) is 7.58. The second-order valence-electron chi connectivity index (χ2n) is 6.82. The van der Waals surface area contributed by atoms with Gasteiger partial charge in [-0.2, -0.15) is 0 Å². The third-order valence-electron chi connectivity index (χ3n) is 4.20. The largest absolute Gasteiger partial charge is 0.634 e. The summed E-state index contributed by atoms with van der Waals surface area (Å²) in [6.45, 7) is 8.60. The van der Waals surface area contributed by atoms with Crippen molar-refractivity contribution in [3.63, 3.8) is 0 Å². The summed E-state index contributed by atoms with van der Waals surface area (Å²) in [5.74, 6) is -0.325. The Balaban J connectivity index is 2.41. The summed E-state index contributed by atoms with van der Waals surface area (Å²) in [4.78, 5) is 23.4. The Bertz CT molecular complexity index is 399. The van der Waals surface area contributed by atoms with Gasteiger partial charge in [0.05, 0.1) is 15.9 Å². The smallest absolute Gasteiger partial charge is 0.229 e. The van der Waals surface area contributed by atoms with Gasteiger partial charge in [0.25, 0.3) is 0 Å². The third kappa shape index (κ3) is 4.53. The summed E-state index contributed by atoms with van der Waals surface area (Å²) in [7, 11) is 0. The maximum absolute atomic E-state index is 12.3. The average molecular weight is 411 g/mol. The van der Waals surface area contributed by atoms with Gasteiger partial charge in [-0.25, -0.2) is 0 Å². The Labute approximate surface area is 140 Å². The molecule has 0 aromatic heterocycles. The predicted molar refractivity (Wildman–Crippen MR) is 90.1 cm³/mol. The summed E-state index contributed by atoms with van der Waals surface area (Å²) in [6, 6.07) is 0. The first-order valence-corrected chi connectivity index (χ1v) is 8.81. The van der Waals surface area contributed by atoms with Gasteiger partial charge in [0.15, 0.2) is 0 Å². The Morgan fingerprint density at radius 1 is 1.24 bits per heavy atom. The van der Waals surface area contributed by atoms with E-state index in [1.807, 2.05) is 50.3 Å². The standard InChI is InChI=1S/C14H26IN3O3/c1-13(2)8-10(14(3,4)18(13)21)12(20)17-7-5-6-16-11(19)9-15/h10,18H,5-9H2,1-4H3,(H,16,19)(H,17,20). The minimum absolute atomic E-state index is 0.00574. The molecular weight excluding hydrogens is 385 g/mol. The van der Waals surface area contributed by atoms with E-state index in [0.717, 1.165) is 0 Å². The lowest BCUT2D eigenvalue weighted by atomic mass is 9.86. The van der Waals surface area contributed by atoms with Crippen LogP contribution in [0.4, 0.5) is 0 Å². The number of carbonyl (C=O) groups excluding carboxylic acids is 2. The van der Waals surface area contributed by atoms with E-state index in [1.54, 1.807) is 0 Å². The third-order valence-corrected chi connectivity index (χ3v) is 4.89. The van der Waals surface area contributed by atoms with Crippen LogP contribution in [-0.4, -0.2) is 40.4 Å². The van der Waals surface area contributed by atoms with Crippen molar-refractivity contribution in [2.75, 3.05) is 17.5 Å². The molecule has 0 bridgehead atoms. The van der Waals surface area contributed by atoms with E-state index in [-0.39, 0.29) is 22.8 Å². The highest BCUT2D eigenvalue weighted by Gasteiger charge is 2.54. The minimum Gasteiger partial charge on any atom is -0.634 e. The number of hydrogen-bond donors (Lipinski definition) is 3. The molecule has 0 aliphatic carbocycles. The lowest BCUT2D eigenvalue weighted by molar-refractivity contribution is -0.933. The molecule has 1 aliphatic heterocycles. The summed E-state index contributed by atoms with van der Waals surface area (Å²) in [5.41, 5.74) is -1.04. The van der Waals surface area contributed by atoms with Gasteiger partial charge in [0, 0.05) is 19.5 Å². The molecule has 0 spiro atoms. The maximum atomic E-state index is 12.3. The first kappa shape index (κ1) is 18.6. The Morgan fingerprint density at radius 3 is 2.29 bits per heavy atom. The van der Waals surface area contributed by atoms with Crippen LogP contribution < -0.4 is 15.7 Å². The zero-order valence-corrected chi connectivity index (χ0v) is 15.4. The number of carbonyl (C=O) groups is 2. The normalized spacial score (nSPS) is 26.4. The average Bonchev–Trinajstić information content (AvgIpc) is 2.58. The molecule has 6 nitrogen and oxygen atoms in total. The van der Waals surface area contributed by atoms with Crippen LogP contribution in [0, 0.1) is 11.1 Å². The molecule has 1 rings (SSSR count). The van der Waals surface area contributed by atoms with Gasteiger partial charge in [-0.1, -0.05) is 22.6 Å². The van der Waals surface area contributed by atoms with Crippen LogP contribution in [0.15, 0.2) is 0 Å². The molecular formula is C14H26IN3O3. The van der Waals surface area contributed by atoms with Crippen molar-refractivity contribution in [3.05, 3.63) is 5.21 Å². The number of hydrogen-bond acceptors (Lipinski definition) is 3. The minimum atomic E-state index is -0.608. The van der Waals surface area contributed by atoms with E-state index < -0.39 is 11.1 Å². The molecule has 1 heterocycles. The van der Waals surface area contributed by atoms with Crippen molar-refractivity contribution in [3.8, 4) is 0 Å². The molecule has 1 aliphatic rings. The van der Waals surface area contributed by atoms with Crippen LogP contribution in [0.5, 0.6) is 0 Å². The first-order valence-electron chi connectivity index (χ1n) is 7.28. The van der Waals surface area contributed by atoms with E-state index in [2.05, 4.69) is 10.6 Å². The molecule has 0 aromatic carbocycles. The molecule has 2 unspecified atom stereocenters. The number of halogens is 1. The highest BCUT2D eigenvalue weighted by atomic mass is 127. The van der Waals surface area contributed by atoms with Gasteiger partial charge in [0.1, 0.15) is 5.54 Å². The molecule has 0 radical (unpaired) electrons. The van der Waals surface area contributed by atoms with Crippen LogP contribution in [0.3, 0.4) is 0 Å². The van der Waals surface area contributed by atoms with E-state index in [1.165, 1.54) is 0 Å². The van der Waals surface area contributed by atoms with Gasteiger partial charge < -0.3 is 20.9 Å². The van der Waals surface area contributed by atoms with Crippen LogP contribution in [0.1, 0.15) is 40.5 Å². The molecule has 7 heteroatoms. The van der Waals surface area contributed by atoms with Crippen molar-refractivity contribution in [1.82, 2.24) is 10.6 Å². The number of quaternary nitrogens is 1. The number of amides is 2. The molecule has 1 saturated heterocycles. The molecule has 3 N–H and O–H groups in total. The van der Waals surface area contributed by atoms with E-state index >= 15 is 0 Å². The lowest BCUT2D eigenvalue weighted by Gasteiger charge is -2.41. The van der Waals surface area contributed by atoms with Crippen LogP contribution in [-0.2, 0) is 9.59 Å². The van der Waals surface area contributed by atoms with Crippen molar-refractivity contribution < 1.29 is 14.7 Å². The lowest BCUT2D eigenvalue weighted by Crippen LogP contribution is -3.19. The fourth-order valence-electron chi connectivity index (χ4n) is 3.01. The van der Waals surface area contributed by atoms with Crippen molar-refractivity contribution in [1.29, 1.82) is 0 Å². The zero-order valence-electron chi connectivity index (χ0n) is 13.2. The SMILES string of the molecule is CC1(C)CC(C(=O)NCCCNC(=O)CI)C(C)(C)[NH+]1[O-]. The van der Waals surface area contributed by atoms with Gasteiger partial charge in [0.2, 0.25) is 11.8 Å². The quantitative estimate of drug-likeness (QED) is 0.249. The Morgan fingerprint density at radius 2 is 1.81 bits per heavy atom. The highest BCUT2D eigenvalue weighted by molar-refractivity contribution is 14.1. The van der Waals surface area contributed by atoms with Crippen molar-refractivity contribution >= 4 is 34.4 Å². The first-order chi connectivity index (χ1) is 9.63. The maximum Gasteiger partial charge on any atom is 0.229 e. The molecule has 2 atom stereocenters.